The molecule has 0 saturated heterocycles. The highest BCUT2D eigenvalue weighted by Crippen LogP contribution is 2.06. The minimum atomic E-state index is -2.08. The van der Waals surface area contributed by atoms with Crippen molar-refractivity contribution >= 4 is 21.2 Å². The van der Waals surface area contributed by atoms with Crippen LogP contribution in [0.15, 0.2) is 0 Å². The van der Waals surface area contributed by atoms with Crippen LogP contribution in [0.1, 0.15) is 40.0 Å². The second-order valence-electron chi connectivity index (χ2n) is 3.14. The van der Waals surface area contributed by atoms with Crippen LogP contribution in [0, 0.1) is 0 Å². The Morgan fingerprint density at radius 3 is 1.93 bits per heavy atom. The molecule has 0 atom stereocenters. The first-order valence-electron chi connectivity index (χ1n) is 4.90. The summed E-state index contributed by atoms with van der Waals surface area (Å²) in [5.41, 5.74) is 0. The molecule has 0 aromatic heterocycles. The van der Waals surface area contributed by atoms with Crippen molar-refractivity contribution in [3.63, 3.8) is 0 Å². The molecule has 0 radical (unpaired) electrons. The molecule has 0 aliphatic rings. The maximum Gasteiger partial charge on any atom is 0.448 e. The summed E-state index contributed by atoms with van der Waals surface area (Å²) in [5.74, 6) is -0.723. The third-order valence-electron chi connectivity index (χ3n) is 1.64. The first kappa shape index (κ1) is 13.2. The molecule has 0 spiro atoms. The monoisotopic (exact) mass is 218 g/mol. The van der Waals surface area contributed by atoms with Crippen LogP contribution in [0.4, 0.5) is 0 Å². The van der Waals surface area contributed by atoms with E-state index in [1.54, 1.807) is 0 Å². The van der Waals surface area contributed by atoms with E-state index in [2.05, 4.69) is 6.92 Å². The van der Waals surface area contributed by atoms with Gasteiger partial charge >= 0.3 is 9.28 Å². The quantitative estimate of drug-likeness (QED) is 0.501. The Morgan fingerprint density at radius 1 is 1.07 bits per heavy atom. The standard InChI is InChI=1S/C9H18O4Si/c1-4-5-6-7-14(12-8(2)10)13-9(3)11/h14H,4-7H2,1-3H3. The predicted molar refractivity (Wildman–Crippen MR) is 55.0 cm³/mol. The van der Waals surface area contributed by atoms with Gasteiger partial charge in [0.15, 0.2) is 0 Å². The van der Waals surface area contributed by atoms with Crippen LogP contribution >= 0.6 is 0 Å². The number of hydrogen-bond acceptors (Lipinski definition) is 4. The van der Waals surface area contributed by atoms with Gasteiger partial charge in [-0.3, -0.25) is 9.59 Å². The molecule has 0 saturated carbocycles. The van der Waals surface area contributed by atoms with Gasteiger partial charge in [0.25, 0.3) is 11.9 Å². The molecule has 0 N–H and O–H groups in total. The molecule has 0 aromatic rings. The number of carbonyl (C=O) groups is 2. The van der Waals surface area contributed by atoms with E-state index >= 15 is 0 Å². The fourth-order valence-electron chi connectivity index (χ4n) is 1.07. The van der Waals surface area contributed by atoms with Gasteiger partial charge in [0, 0.05) is 19.9 Å². The van der Waals surface area contributed by atoms with Crippen molar-refractivity contribution in [3.05, 3.63) is 0 Å². The van der Waals surface area contributed by atoms with Crippen molar-refractivity contribution in [2.75, 3.05) is 0 Å². The van der Waals surface area contributed by atoms with Crippen molar-refractivity contribution in [3.8, 4) is 0 Å². The van der Waals surface area contributed by atoms with Crippen LogP contribution in [0.3, 0.4) is 0 Å². The molecular formula is C9H18O4Si. The molecule has 0 rings (SSSR count). The highest BCUT2D eigenvalue weighted by Gasteiger charge is 2.18. The number of carbonyl (C=O) groups excluding carboxylic acids is 2. The van der Waals surface area contributed by atoms with E-state index in [0.717, 1.165) is 19.3 Å². The zero-order valence-corrected chi connectivity index (χ0v) is 10.2. The molecule has 0 fully saturated rings. The first-order chi connectivity index (χ1) is 6.56. The summed E-state index contributed by atoms with van der Waals surface area (Å²) in [6.45, 7) is 4.76. The maximum absolute atomic E-state index is 10.7. The van der Waals surface area contributed by atoms with Gasteiger partial charge in [-0.15, -0.1) is 0 Å². The number of rotatable bonds is 6. The second kappa shape index (κ2) is 7.55. The largest absolute Gasteiger partial charge is 0.487 e. The molecule has 0 heterocycles. The van der Waals surface area contributed by atoms with Gasteiger partial charge in [-0.2, -0.15) is 0 Å². The van der Waals surface area contributed by atoms with Crippen LogP contribution in [0.5, 0.6) is 0 Å². The zero-order chi connectivity index (χ0) is 11.0. The first-order valence-corrected chi connectivity index (χ1v) is 6.66. The Bertz CT molecular complexity index is 177. The normalized spacial score (nSPS) is 10.0. The van der Waals surface area contributed by atoms with Crippen molar-refractivity contribution in [1.82, 2.24) is 0 Å². The summed E-state index contributed by atoms with van der Waals surface area (Å²) in [4.78, 5) is 21.4. The van der Waals surface area contributed by atoms with Gasteiger partial charge in [-0.1, -0.05) is 19.8 Å². The second-order valence-corrected chi connectivity index (χ2v) is 5.05. The summed E-state index contributed by atoms with van der Waals surface area (Å²) in [6.07, 6.45) is 3.13. The zero-order valence-electron chi connectivity index (χ0n) is 9.04. The van der Waals surface area contributed by atoms with E-state index in [-0.39, 0.29) is 11.9 Å². The van der Waals surface area contributed by atoms with E-state index in [1.807, 2.05) is 0 Å². The molecule has 14 heavy (non-hydrogen) atoms. The van der Waals surface area contributed by atoms with Gasteiger partial charge in [0.1, 0.15) is 0 Å². The van der Waals surface area contributed by atoms with E-state index in [1.165, 1.54) is 13.8 Å². The van der Waals surface area contributed by atoms with Crippen molar-refractivity contribution in [1.29, 1.82) is 0 Å². The molecule has 0 aliphatic carbocycles. The average Bonchev–Trinajstić information content (AvgIpc) is 2.02. The molecule has 0 aliphatic heterocycles. The summed E-state index contributed by atoms with van der Waals surface area (Å²) >= 11 is 0. The highest BCUT2D eigenvalue weighted by atomic mass is 28.3. The Balaban J connectivity index is 3.84. The fraction of sp³-hybridized carbons (Fsp3) is 0.778. The molecular weight excluding hydrogens is 200 g/mol. The van der Waals surface area contributed by atoms with Gasteiger partial charge < -0.3 is 8.85 Å². The summed E-state index contributed by atoms with van der Waals surface area (Å²) in [5, 5.41) is 0. The SMILES string of the molecule is CCCCC[SiH](OC(C)=O)OC(C)=O. The van der Waals surface area contributed by atoms with Gasteiger partial charge in [0.2, 0.25) is 0 Å². The van der Waals surface area contributed by atoms with Crippen molar-refractivity contribution < 1.29 is 18.4 Å². The molecule has 5 heteroatoms. The van der Waals surface area contributed by atoms with Gasteiger partial charge in [0.05, 0.1) is 0 Å². The van der Waals surface area contributed by atoms with Gasteiger partial charge in [-0.05, 0) is 6.42 Å². The molecule has 0 unspecified atom stereocenters. The lowest BCUT2D eigenvalue weighted by molar-refractivity contribution is -0.137. The van der Waals surface area contributed by atoms with Gasteiger partial charge in [-0.25, -0.2) is 0 Å². The van der Waals surface area contributed by atoms with Crippen molar-refractivity contribution in [2.24, 2.45) is 0 Å². The van der Waals surface area contributed by atoms with E-state index in [9.17, 15) is 9.59 Å². The van der Waals surface area contributed by atoms with Crippen LogP contribution < -0.4 is 0 Å². The molecule has 0 aromatic carbocycles. The lowest BCUT2D eigenvalue weighted by Crippen LogP contribution is -2.27. The minimum absolute atomic E-state index is 0.362. The Morgan fingerprint density at radius 2 is 1.57 bits per heavy atom. The minimum Gasteiger partial charge on any atom is -0.487 e. The Labute approximate surface area is 86.4 Å². The Kier molecular flexibility index (Phi) is 7.10. The predicted octanol–water partition coefficient (Wildman–Crippen LogP) is 1.52. The van der Waals surface area contributed by atoms with Crippen LogP contribution in [-0.4, -0.2) is 21.2 Å². The fourth-order valence-corrected chi connectivity index (χ4v) is 2.72. The van der Waals surface area contributed by atoms with Crippen molar-refractivity contribution in [2.45, 2.75) is 46.1 Å². The summed E-state index contributed by atoms with van der Waals surface area (Å²) in [6, 6.07) is 0.715. The van der Waals surface area contributed by atoms with E-state index < -0.39 is 9.28 Å². The highest BCUT2D eigenvalue weighted by molar-refractivity contribution is 6.48. The molecule has 82 valence electrons. The summed E-state index contributed by atoms with van der Waals surface area (Å²) in [7, 11) is -2.08. The average molecular weight is 218 g/mol. The lowest BCUT2D eigenvalue weighted by Gasteiger charge is -2.13. The topological polar surface area (TPSA) is 52.6 Å². The van der Waals surface area contributed by atoms with Crippen LogP contribution in [0.2, 0.25) is 6.04 Å². The third kappa shape index (κ3) is 7.79. The Hall–Kier alpha value is -0.843. The van der Waals surface area contributed by atoms with E-state index in [0.29, 0.717) is 6.04 Å². The van der Waals surface area contributed by atoms with Crippen LogP contribution in [-0.2, 0) is 18.4 Å². The van der Waals surface area contributed by atoms with Crippen LogP contribution in [0.25, 0.3) is 0 Å². The smallest absolute Gasteiger partial charge is 0.448 e. The molecule has 0 bridgehead atoms. The molecule has 4 nitrogen and oxygen atoms in total. The number of hydrogen-bond donors (Lipinski definition) is 0. The number of unbranched alkanes of at least 4 members (excludes halogenated alkanes) is 2. The van der Waals surface area contributed by atoms with E-state index in [4.69, 9.17) is 8.85 Å². The summed E-state index contributed by atoms with van der Waals surface area (Å²) < 4.78 is 9.93. The molecule has 0 amide bonds. The maximum atomic E-state index is 10.7. The third-order valence-corrected chi connectivity index (χ3v) is 3.71. The lowest BCUT2D eigenvalue weighted by atomic mass is 10.3.